The summed E-state index contributed by atoms with van der Waals surface area (Å²) in [7, 11) is 1.69. The van der Waals surface area contributed by atoms with E-state index in [9.17, 15) is 0 Å². The van der Waals surface area contributed by atoms with E-state index in [-0.39, 0.29) is 0 Å². The smallest absolute Gasteiger partial charge is 0.140 e. The highest BCUT2D eigenvalue weighted by Gasteiger charge is 1.97. The van der Waals surface area contributed by atoms with E-state index in [4.69, 9.17) is 9.47 Å². The van der Waals surface area contributed by atoms with Crippen molar-refractivity contribution in [1.29, 1.82) is 0 Å². The predicted octanol–water partition coefficient (Wildman–Crippen LogP) is 1.00. The molecule has 0 amide bonds. The van der Waals surface area contributed by atoms with Gasteiger partial charge >= 0.3 is 0 Å². The van der Waals surface area contributed by atoms with Crippen LogP contribution in [0.1, 0.15) is 5.69 Å². The summed E-state index contributed by atoms with van der Waals surface area (Å²) in [5, 5.41) is 3.21. The molecule has 1 heterocycles. The third kappa shape index (κ3) is 4.76. The highest BCUT2D eigenvalue weighted by Crippen LogP contribution is 2.12. The number of aromatic nitrogens is 1. The maximum absolute atomic E-state index is 5.55. The Morgan fingerprint density at radius 3 is 2.87 bits per heavy atom. The zero-order chi connectivity index (χ0) is 10.9. The van der Waals surface area contributed by atoms with Gasteiger partial charge in [-0.2, -0.15) is 0 Å². The Bertz CT molecular complexity index is 279. The van der Waals surface area contributed by atoms with Crippen LogP contribution < -0.4 is 10.1 Å². The lowest BCUT2D eigenvalue weighted by molar-refractivity contribution is 0.196. The molecule has 0 bridgehead atoms. The lowest BCUT2D eigenvalue weighted by Gasteiger charge is -2.08. The van der Waals surface area contributed by atoms with Gasteiger partial charge in [-0.3, -0.25) is 4.98 Å². The SMILES string of the molecule is COCCNCCOc1cccnc1C. The van der Waals surface area contributed by atoms with Gasteiger partial charge in [0, 0.05) is 26.4 Å². The van der Waals surface area contributed by atoms with Crippen LogP contribution in [-0.4, -0.2) is 38.4 Å². The highest BCUT2D eigenvalue weighted by atomic mass is 16.5. The minimum absolute atomic E-state index is 0.649. The van der Waals surface area contributed by atoms with Crippen LogP contribution in [0.25, 0.3) is 0 Å². The first-order chi connectivity index (χ1) is 7.34. The van der Waals surface area contributed by atoms with E-state index >= 15 is 0 Å². The lowest BCUT2D eigenvalue weighted by atomic mass is 10.3. The first-order valence-corrected chi connectivity index (χ1v) is 5.08. The van der Waals surface area contributed by atoms with E-state index in [0.29, 0.717) is 6.61 Å². The number of aryl methyl sites for hydroxylation is 1. The molecule has 0 atom stereocenters. The normalized spacial score (nSPS) is 10.3. The van der Waals surface area contributed by atoms with Gasteiger partial charge in [-0.25, -0.2) is 0 Å². The second-order valence-electron chi connectivity index (χ2n) is 3.18. The highest BCUT2D eigenvalue weighted by molar-refractivity contribution is 5.25. The largest absolute Gasteiger partial charge is 0.490 e. The van der Waals surface area contributed by atoms with Crippen molar-refractivity contribution < 1.29 is 9.47 Å². The van der Waals surface area contributed by atoms with Crippen molar-refractivity contribution in [2.75, 3.05) is 33.4 Å². The summed E-state index contributed by atoms with van der Waals surface area (Å²) in [4.78, 5) is 4.14. The monoisotopic (exact) mass is 210 g/mol. The van der Waals surface area contributed by atoms with Gasteiger partial charge in [0.2, 0.25) is 0 Å². The van der Waals surface area contributed by atoms with Crippen molar-refractivity contribution in [3.8, 4) is 5.75 Å². The quantitative estimate of drug-likeness (QED) is 0.682. The van der Waals surface area contributed by atoms with Crippen LogP contribution in [0.15, 0.2) is 18.3 Å². The van der Waals surface area contributed by atoms with Crippen molar-refractivity contribution >= 4 is 0 Å². The molecule has 0 radical (unpaired) electrons. The Hall–Kier alpha value is -1.13. The van der Waals surface area contributed by atoms with Crippen LogP contribution in [0.2, 0.25) is 0 Å². The summed E-state index contributed by atoms with van der Waals surface area (Å²) in [5.41, 5.74) is 0.925. The summed E-state index contributed by atoms with van der Waals surface area (Å²) in [5.74, 6) is 0.853. The lowest BCUT2D eigenvalue weighted by Crippen LogP contribution is -2.24. The Morgan fingerprint density at radius 1 is 1.33 bits per heavy atom. The predicted molar refractivity (Wildman–Crippen MR) is 59.2 cm³/mol. The first-order valence-electron chi connectivity index (χ1n) is 5.08. The Labute approximate surface area is 90.6 Å². The second-order valence-corrected chi connectivity index (χ2v) is 3.18. The topological polar surface area (TPSA) is 43.4 Å². The van der Waals surface area contributed by atoms with Gasteiger partial charge in [0.05, 0.1) is 12.3 Å². The van der Waals surface area contributed by atoms with Gasteiger partial charge in [-0.1, -0.05) is 0 Å². The van der Waals surface area contributed by atoms with Crippen molar-refractivity contribution in [2.45, 2.75) is 6.92 Å². The Morgan fingerprint density at radius 2 is 2.13 bits per heavy atom. The van der Waals surface area contributed by atoms with Crippen molar-refractivity contribution in [1.82, 2.24) is 10.3 Å². The number of pyridine rings is 1. The molecule has 1 rings (SSSR count). The molecule has 84 valence electrons. The molecular formula is C11H18N2O2. The van der Waals surface area contributed by atoms with E-state index < -0.39 is 0 Å². The van der Waals surface area contributed by atoms with Gasteiger partial charge in [-0.05, 0) is 19.1 Å². The Kier molecular flexibility index (Phi) is 5.73. The maximum atomic E-state index is 5.55. The number of rotatable bonds is 7. The summed E-state index contributed by atoms with van der Waals surface area (Å²) < 4.78 is 10.5. The molecule has 0 aliphatic rings. The fourth-order valence-electron chi connectivity index (χ4n) is 1.15. The van der Waals surface area contributed by atoms with Gasteiger partial charge in [0.25, 0.3) is 0 Å². The molecule has 0 unspecified atom stereocenters. The van der Waals surface area contributed by atoms with Crippen LogP contribution in [0.5, 0.6) is 5.75 Å². The molecule has 1 aromatic heterocycles. The minimum Gasteiger partial charge on any atom is -0.490 e. The van der Waals surface area contributed by atoms with Crippen molar-refractivity contribution in [3.63, 3.8) is 0 Å². The molecule has 1 N–H and O–H groups in total. The molecule has 4 heteroatoms. The molecule has 0 saturated carbocycles. The summed E-state index contributed by atoms with van der Waals surface area (Å²) in [6.45, 7) is 4.99. The van der Waals surface area contributed by atoms with Crippen LogP contribution in [0, 0.1) is 6.92 Å². The van der Waals surface area contributed by atoms with E-state index in [2.05, 4.69) is 10.3 Å². The summed E-state index contributed by atoms with van der Waals surface area (Å²) in [6, 6.07) is 3.80. The summed E-state index contributed by atoms with van der Waals surface area (Å²) in [6.07, 6.45) is 1.76. The molecule has 0 aliphatic heterocycles. The molecule has 0 spiro atoms. The van der Waals surface area contributed by atoms with Gasteiger partial charge in [0.1, 0.15) is 12.4 Å². The molecule has 0 aromatic carbocycles. The van der Waals surface area contributed by atoms with Crippen molar-refractivity contribution in [2.24, 2.45) is 0 Å². The third-order valence-corrected chi connectivity index (χ3v) is 1.98. The fourth-order valence-corrected chi connectivity index (χ4v) is 1.15. The molecule has 0 saturated heterocycles. The standard InChI is InChI=1S/C11H18N2O2/c1-10-11(4-3-5-13-10)15-9-7-12-6-8-14-2/h3-5,12H,6-9H2,1-2H3. The van der Waals surface area contributed by atoms with Crippen LogP contribution in [0.4, 0.5) is 0 Å². The molecule has 0 aliphatic carbocycles. The molecule has 1 aromatic rings. The number of nitrogens with one attached hydrogen (secondary N) is 1. The minimum atomic E-state index is 0.649. The number of ether oxygens (including phenoxy) is 2. The first kappa shape index (κ1) is 11.9. The van der Waals surface area contributed by atoms with E-state index in [1.54, 1.807) is 13.3 Å². The Balaban J connectivity index is 2.12. The summed E-state index contributed by atoms with van der Waals surface area (Å²) >= 11 is 0. The average Bonchev–Trinajstić information content (AvgIpc) is 2.25. The average molecular weight is 210 g/mol. The number of hydrogen-bond acceptors (Lipinski definition) is 4. The maximum Gasteiger partial charge on any atom is 0.140 e. The molecular weight excluding hydrogens is 192 g/mol. The number of hydrogen-bond donors (Lipinski definition) is 1. The van der Waals surface area contributed by atoms with Gasteiger partial charge in [0.15, 0.2) is 0 Å². The fraction of sp³-hybridized carbons (Fsp3) is 0.545. The van der Waals surface area contributed by atoms with E-state index in [0.717, 1.165) is 31.1 Å². The number of nitrogens with zero attached hydrogens (tertiary/aromatic N) is 1. The van der Waals surface area contributed by atoms with E-state index in [1.165, 1.54) is 0 Å². The van der Waals surface area contributed by atoms with Crippen LogP contribution >= 0.6 is 0 Å². The van der Waals surface area contributed by atoms with Crippen LogP contribution in [-0.2, 0) is 4.74 Å². The number of methoxy groups -OCH3 is 1. The van der Waals surface area contributed by atoms with E-state index in [1.807, 2.05) is 19.1 Å². The van der Waals surface area contributed by atoms with Gasteiger partial charge in [-0.15, -0.1) is 0 Å². The molecule has 0 fully saturated rings. The van der Waals surface area contributed by atoms with Crippen molar-refractivity contribution in [3.05, 3.63) is 24.0 Å². The third-order valence-electron chi connectivity index (χ3n) is 1.98. The zero-order valence-corrected chi connectivity index (χ0v) is 9.32. The molecule has 15 heavy (non-hydrogen) atoms. The molecule has 4 nitrogen and oxygen atoms in total. The zero-order valence-electron chi connectivity index (χ0n) is 9.32. The van der Waals surface area contributed by atoms with Gasteiger partial charge < -0.3 is 14.8 Å². The van der Waals surface area contributed by atoms with Crippen LogP contribution in [0.3, 0.4) is 0 Å². The second kappa shape index (κ2) is 7.20.